The van der Waals surface area contributed by atoms with Crippen LogP contribution in [0.15, 0.2) is 29.0 Å². The first-order valence-corrected chi connectivity index (χ1v) is 5.78. The molecular weight excluding hydrogens is 284 g/mol. The van der Waals surface area contributed by atoms with Crippen molar-refractivity contribution in [3.8, 4) is 0 Å². The van der Waals surface area contributed by atoms with Crippen molar-refractivity contribution in [1.29, 1.82) is 0 Å². The molecule has 2 aromatic rings. The van der Waals surface area contributed by atoms with E-state index in [-0.39, 0.29) is 5.91 Å². The molecule has 5 nitrogen and oxygen atoms in total. The Morgan fingerprint density at radius 2 is 2.29 bits per heavy atom. The van der Waals surface area contributed by atoms with Crippen molar-refractivity contribution in [3.05, 3.63) is 40.3 Å². The number of aromatic nitrogens is 3. The van der Waals surface area contributed by atoms with E-state index in [9.17, 15) is 4.79 Å². The zero-order chi connectivity index (χ0) is 12.4. The molecule has 1 amide bonds. The number of aryl methyl sites for hydroxylation is 2. The summed E-state index contributed by atoms with van der Waals surface area (Å²) in [5.74, 6) is 0.300. The number of carbonyl (C=O) groups excluding carboxylic acids is 1. The molecule has 0 aliphatic rings. The maximum atomic E-state index is 11.9. The van der Waals surface area contributed by atoms with Gasteiger partial charge < -0.3 is 5.32 Å². The lowest BCUT2D eigenvalue weighted by atomic mass is 10.2. The second-order valence-corrected chi connectivity index (χ2v) is 4.53. The summed E-state index contributed by atoms with van der Waals surface area (Å²) < 4.78 is 2.48. The van der Waals surface area contributed by atoms with Crippen molar-refractivity contribution in [2.45, 2.75) is 6.92 Å². The maximum Gasteiger partial charge on any atom is 0.260 e. The molecule has 2 heterocycles. The third-order valence-electron chi connectivity index (χ3n) is 2.22. The fraction of sp³-hybridized carbons (Fsp3) is 0.182. The minimum atomic E-state index is -0.207. The molecule has 0 aliphatic heterocycles. The van der Waals surface area contributed by atoms with E-state index in [1.165, 1.54) is 0 Å². The largest absolute Gasteiger partial charge is 0.306 e. The molecule has 0 saturated heterocycles. The average Bonchev–Trinajstić information content (AvgIpc) is 2.58. The summed E-state index contributed by atoms with van der Waals surface area (Å²) in [6.45, 7) is 1.79. The number of halogens is 1. The van der Waals surface area contributed by atoms with Gasteiger partial charge in [-0.2, -0.15) is 5.10 Å². The summed E-state index contributed by atoms with van der Waals surface area (Å²) in [5.41, 5.74) is 1.24. The first-order valence-electron chi connectivity index (χ1n) is 4.99. The molecule has 0 aliphatic carbocycles. The number of amides is 1. The quantitative estimate of drug-likeness (QED) is 0.923. The Morgan fingerprint density at radius 3 is 2.88 bits per heavy atom. The highest BCUT2D eigenvalue weighted by atomic mass is 79.9. The highest BCUT2D eigenvalue weighted by molar-refractivity contribution is 9.10. The molecule has 17 heavy (non-hydrogen) atoms. The van der Waals surface area contributed by atoms with Gasteiger partial charge in [0.1, 0.15) is 5.82 Å². The van der Waals surface area contributed by atoms with Crippen molar-refractivity contribution in [2.24, 2.45) is 7.05 Å². The van der Waals surface area contributed by atoms with Crippen LogP contribution < -0.4 is 5.32 Å². The van der Waals surface area contributed by atoms with Crippen molar-refractivity contribution < 1.29 is 4.79 Å². The van der Waals surface area contributed by atoms with E-state index in [2.05, 4.69) is 31.3 Å². The molecule has 88 valence electrons. The van der Waals surface area contributed by atoms with E-state index in [1.807, 2.05) is 0 Å². The molecular formula is C11H11BrN4O. The molecule has 0 saturated carbocycles. The fourth-order valence-electron chi connectivity index (χ4n) is 1.48. The summed E-state index contributed by atoms with van der Waals surface area (Å²) in [4.78, 5) is 16.0. The van der Waals surface area contributed by atoms with Gasteiger partial charge in [0.05, 0.1) is 11.3 Å². The lowest BCUT2D eigenvalue weighted by Crippen LogP contribution is -2.13. The minimum absolute atomic E-state index is 0.207. The zero-order valence-corrected chi connectivity index (χ0v) is 11.0. The SMILES string of the molecule is Cc1nn(C)cc1C(=O)Nc1cc(Br)ccn1. The van der Waals surface area contributed by atoms with Gasteiger partial charge in [-0.15, -0.1) is 0 Å². The first-order chi connectivity index (χ1) is 8.06. The Hall–Kier alpha value is -1.69. The number of nitrogens with one attached hydrogen (secondary N) is 1. The number of anilines is 1. The van der Waals surface area contributed by atoms with Gasteiger partial charge in [0.15, 0.2) is 0 Å². The number of carbonyl (C=O) groups is 1. The van der Waals surface area contributed by atoms with Gasteiger partial charge in [-0.25, -0.2) is 4.98 Å². The van der Waals surface area contributed by atoms with Crippen LogP contribution in [-0.2, 0) is 7.05 Å². The van der Waals surface area contributed by atoms with Gasteiger partial charge in [0.25, 0.3) is 5.91 Å². The van der Waals surface area contributed by atoms with E-state index in [0.717, 1.165) is 4.47 Å². The second-order valence-electron chi connectivity index (χ2n) is 3.62. The second kappa shape index (κ2) is 4.67. The van der Waals surface area contributed by atoms with E-state index in [4.69, 9.17) is 0 Å². The van der Waals surface area contributed by atoms with Gasteiger partial charge in [-0.05, 0) is 19.1 Å². The average molecular weight is 295 g/mol. The predicted molar refractivity (Wildman–Crippen MR) is 67.8 cm³/mol. The van der Waals surface area contributed by atoms with Crippen LogP contribution in [-0.4, -0.2) is 20.7 Å². The lowest BCUT2D eigenvalue weighted by molar-refractivity contribution is 0.102. The van der Waals surface area contributed by atoms with Gasteiger partial charge in [-0.1, -0.05) is 15.9 Å². The standard InChI is InChI=1S/C11H11BrN4O/c1-7-9(6-16(2)15-7)11(17)14-10-5-8(12)3-4-13-10/h3-6H,1-2H3,(H,13,14,17). The van der Waals surface area contributed by atoms with E-state index >= 15 is 0 Å². The van der Waals surface area contributed by atoms with Gasteiger partial charge >= 0.3 is 0 Å². The molecule has 0 radical (unpaired) electrons. The number of nitrogens with zero attached hydrogens (tertiary/aromatic N) is 3. The molecule has 0 unspecified atom stereocenters. The first kappa shape index (κ1) is 11.8. The van der Waals surface area contributed by atoms with Crippen LogP contribution in [0, 0.1) is 6.92 Å². The van der Waals surface area contributed by atoms with Crippen LogP contribution in [0.3, 0.4) is 0 Å². The lowest BCUT2D eigenvalue weighted by Gasteiger charge is -2.03. The van der Waals surface area contributed by atoms with Gasteiger partial charge in [0, 0.05) is 23.9 Å². The summed E-state index contributed by atoms with van der Waals surface area (Å²) >= 11 is 3.32. The molecule has 2 aromatic heterocycles. The van der Waals surface area contributed by atoms with Crippen LogP contribution in [0.1, 0.15) is 16.1 Å². The molecule has 0 aromatic carbocycles. The molecule has 0 bridgehead atoms. The Labute approximate surface area is 107 Å². The highest BCUT2D eigenvalue weighted by Crippen LogP contribution is 2.14. The fourth-order valence-corrected chi connectivity index (χ4v) is 1.81. The van der Waals surface area contributed by atoms with Gasteiger partial charge in [-0.3, -0.25) is 9.48 Å². The van der Waals surface area contributed by atoms with Crippen LogP contribution >= 0.6 is 15.9 Å². The number of hydrogen-bond donors (Lipinski definition) is 1. The van der Waals surface area contributed by atoms with Crippen molar-refractivity contribution >= 4 is 27.7 Å². The van der Waals surface area contributed by atoms with Crippen LogP contribution in [0.25, 0.3) is 0 Å². The maximum absolute atomic E-state index is 11.9. The predicted octanol–water partition coefficient (Wildman–Crippen LogP) is 2.14. The minimum Gasteiger partial charge on any atom is -0.306 e. The molecule has 0 atom stereocenters. The number of hydrogen-bond acceptors (Lipinski definition) is 3. The molecule has 6 heteroatoms. The molecule has 0 fully saturated rings. The Balaban J connectivity index is 2.20. The van der Waals surface area contributed by atoms with E-state index < -0.39 is 0 Å². The monoisotopic (exact) mass is 294 g/mol. The highest BCUT2D eigenvalue weighted by Gasteiger charge is 2.12. The zero-order valence-electron chi connectivity index (χ0n) is 9.44. The van der Waals surface area contributed by atoms with Crippen molar-refractivity contribution in [3.63, 3.8) is 0 Å². The van der Waals surface area contributed by atoms with Gasteiger partial charge in [0.2, 0.25) is 0 Å². The Kier molecular flexibility index (Phi) is 3.23. The van der Waals surface area contributed by atoms with Crippen LogP contribution in [0.5, 0.6) is 0 Å². The van der Waals surface area contributed by atoms with Crippen molar-refractivity contribution in [2.75, 3.05) is 5.32 Å². The summed E-state index contributed by atoms with van der Waals surface area (Å²) in [7, 11) is 1.78. The van der Waals surface area contributed by atoms with E-state index in [0.29, 0.717) is 17.1 Å². The Bertz CT molecular complexity index is 564. The summed E-state index contributed by atoms with van der Waals surface area (Å²) in [5, 5.41) is 6.84. The molecule has 2 rings (SSSR count). The van der Waals surface area contributed by atoms with Crippen LogP contribution in [0.4, 0.5) is 5.82 Å². The topological polar surface area (TPSA) is 59.8 Å². The summed E-state index contributed by atoms with van der Waals surface area (Å²) in [6, 6.07) is 3.54. The molecule has 1 N–H and O–H groups in total. The van der Waals surface area contributed by atoms with Crippen molar-refractivity contribution in [1.82, 2.24) is 14.8 Å². The van der Waals surface area contributed by atoms with Crippen LogP contribution in [0.2, 0.25) is 0 Å². The third kappa shape index (κ3) is 2.71. The normalized spacial score (nSPS) is 10.3. The number of pyridine rings is 1. The summed E-state index contributed by atoms with van der Waals surface area (Å²) in [6.07, 6.45) is 3.30. The smallest absolute Gasteiger partial charge is 0.260 e. The number of rotatable bonds is 2. The Morgan fingerprint density at radius 1 is 1.53 bits per heavy atom. The molecule has 0 spiro atoms. The van der Waals surface area contributed by atoms with E-state index in [1.54, 1.807) is 43.2 Å². The third-order valence-corrected chi connectivity index (χ3v) is 2.71.